The van der Waals surface area contributed by atoms with E-state index in [0.717, 1.165) is 43.0 Å². The fourth-order valence-corrected chi connectivity index (χ4v) is 3.08. The van der Waals surface area contributed by atoms with E-state index in [9.17, 15) is 8.42 Å². The maximum atomic E-state index is 11.6. The number of sulfone groups is 1. The molecule has 0 spiro atoms. The standard InChI is InChI=1S/C16H27N3O2S.HI/c1-5-7-10-18-16(17-6-2)19-12-14-8-9-15(13(3)11-14)22(4,20)21;/h8-9,11H,5-7,10,12H2,1-4H3,(H2,17,18,19);1H. The molecule has 0 saturated carbocycles. The number of halogens is 1. The molecule has 2 N–H and O–H groups in total. The Morgan fingerprint density at radius 1 is 1.22 bits per heavy atom. The van der Waals surface area contributed by atoms with E-state index in [4.69, 9.17) is 0 Å². The van der Waals surface area contributed by atoms with Gasteiger partial charge >= 0.3 is 0 Å². The van der Waals surface area contributed by atoms with E-state index in [0.29, 0.717) is 11.4 Å². The van der Waals surface area contributed by atoms with Gasteiger partial charge in [0.1, 0.15) is 0 Å². The molecule has 0 aromatic heterocycles. The number of nitrogens with zero attached hydrogens (tertiary/aromatic N) is 1. The summed E-state index contributed by atoms with van der Waals surface area (Å²) in [5, 5.41) is 6.49. The molecule has 0 aliphatic carbocycles. The van der Waals surface area contributed by atoms with Gasteiger partial charge in [-0.2, -0.15) is 0 Å². The summed E-state index contributed by atoms with van der Waals surface area (Å²) in [5.41, 5.74) is 1.76. The summed E-state index contributed by atoms with van der Waals surface area (Å²) in [6.07, 6.45) is 3.47. The first kappa shape index (κ1) is 22.2. The summed E-state index contributed by atoms with van der Waals surface area (Å²) < 4.78 is 23.2. The Bertz CT molecular complexity index is 616. The topological polar surface area (TPSA) is 70.6 Å². The number of hydrogen-bond donors (Lipinski definition) is 2. The third kappa shape index (κ3) is 8.01. The van der Waals surface area contributed by atoms with Gasteiger partial charge in [-0.1, -0.05) is 25.5 Å². The van der Waals surface area contributed by atoms with Crippen LogP contribution in [0.4, 0.5) is 0 Å². The van der Waals surface area contributed by atoms with E-state index in [1.165, 1.54) is 6.26 Å². The van der Waals surface area contributed by atoms with Gasteiger partial charge in [0.25, 0.3) is 0 Å². The van der Waals surface area contributed by atoms with Gasteiger partial charge in [0.15, 0.2) is 15.8 Å². The number of nitrogens with one attached hydrogen (secondary N) is 2. The van der Waals surface area contributed by atoms with E-state index >= 15 is 0 Å². The van der Waals surface area contributed by atoms with Crippen molar-refractivity contribution in [1.82, 2.24) is 10.6 Å². The largest absolute Gasteiger partial charge is 0.357 e. The van der Waals surface area contributed by atoms with Crippen molar-refractivity contribution in [1.29, 1.82) is 0 Å². The molecule has 0 unspecified atom stereocenters. The molecule has 132 valence electrons. The smallest absolute Gasteiger partial charge is 0.191 e. The summed E-state index contributed by atoms with van der Waals surface area (Å²) in [5.74, 6) is 0.792. The zero-order valence-electron chi connectivity index (χ0n) is 14.3. The molecule has 0 aliphatic heterocycles. The molecular weight excluding hydrogens is 425 g/mol. The molecule has 0 atom stereocenters. The Morgan fingerprint density at radius 3 is 2.43 bits per heavy atom. The van der Waals surface area contributed by atoms with Crippen molar-refractivity contribution >= 4 is 39.8 Å². The Morgan fingerprint density at radius 2 is 1.91 bits per heavy atom. The molecule has 1 rings (SSSR count). The molecule has 23 heavy (non-hydrogen) atoms. The van der Waals surface area contributed by atoms with Crippen molar-refractivity contribution in [3.05, 3.63) is 29.3 Å². The van der Waals surface area contributed by atoms with Crippen LogP contribution in [-0.4, -0.2) is 33.7 Å². The molecule has 7 heteroatoms. The van der Waals surface area contributed by atoms with Crippen LogP contribution in [0.2, 0.25) is 0 Å². The summed E-state index contributed by atoms with van der Waals surface area (Å²) in [6.45, 7) is 8.22. The second-order valence-corrected chi connectivity index (χ2v) is 7.33. The highest BCUT2D eigenvalue weighted by molar-refractivity contribution is 14.0. The van der Waals surface area contributed by atoms with Crippen LogP contribution in [0.3, 0.4) is 0 Å². The fraction of sp³-hybridized carbons (Fsp3) is 0.562. The van der Waals surface area contributed by atoms with Gasteiger partial charge in [-0.25, -0.2) is 13.4 Å². The highest BCUT2D eigenvalue weighted by Gasteiger charge is 2.10. The average Bonchev–Trinajstić information content (AvgIpc) is 2.43. The summed E-state index contributed by atoms with van der Waals surface area (Å²) in [6, 6.07) is 5.37. The highest BCUT2D eigenvalue weighted by Crippen LogP contribution is 2.17. The summed E-state index contributed by atoms with van der Waals surface area (Å²) >= 11 is 0. The lowest BCUT2D eigenvalue weighted by Crippen LogP contribution is -2.37. The van der Waals surface area contributed by atoms with Crippen molar-refractivity contribution in [3.8, 4) is 0 Å². The average molecular weight is 453 g/mol. The van der Waals surface area contributed by atoms with Crippen LogP contribution in [0.5, 0.6) is 0 Å². The fourth-order valence-electron chi connectivity index (χ4n) is 2.12. The lowest BCUT2D eigenvalue weighted by molar-refractivity contribution is 0.601. The Balaban J connectivity index is 0.00000484. The van der Waals surface area contributed by atoms with Crippen LogP contribution in [0.15, 0.2) is 28.1 Å². The lowest BCUT2D eigenvalue weighted by Gasteiger charge is -2.11. The minimum atomic E-state index is -3.17. The van der Waals surface area contributed by atoms with E-state index in [1.54, 1.807) is 6.07 Å². The minimum Gasteiger partial charge on any atom is -0.357 e. The number of benzene rings is 1. The summed E-state index contributed by atoms with van der Waals surface area (Å²) in [4.78, 5) is 4.92. The number of aliphatic imine (C=N–C) groups is 1. The molecule has 0 heterocycles. The van der Waals surface area contributed by atoms with Crippen molar-refractivity contribution < 1.29 is 8.42 Å². The van der Waals surface area contributed by atoms with Crippen molar-refractivity contribution in [3.63, 3.8) is 0 Å². The molecule has 5 nitrogen and oxygen atoms in total. The highest BCUT2D eigenvalue weighted by atomic mass is 127. The Labute approximate surface area is 157 Å². The van der Waals surface area contributed by atoms with E-state index in [1.807, 2.05) is 26.0 Å². The molecule has 0 fully saturated rings. The predicted molar refractivity (Wildman–Crippen MR) is 107 cm³/mol. The van der Waals surface area contributed by atoms with Gasteiger partial charge in [0.05, 0.1) is 11.4 Å². The van der Waals surface area contributed by atoms with Gasteiger partial charge in [-0.05, 0) is 37.5 Å². The number of aryl methyl sites for hydroxylation is 1. The van der Waals surface area contributed by atoms with Gasteiger partial charge in [0.2, 0.25) is 0 Å². The van der Waals surface area contributed by atoms with Crippen molar-refractivity contribution in [2.75, 3.05) is 19.3 Å². The van der Waals surface area contributed by atoms with Crippen LogP contribution in [0, 0.1) is 6.92 Å². The van der Waals surface area contributed by atoms with Gasteiger partial charge in [-0.3, -0.25) is 0 Å². The van der Waals surface area contributed by atoms with Crippen LogP contribution >= 0.6 is 24.0 Å². The van der Waals surface area contributed by atoms with Crippen LogP contribution < -0.4 is 10.6 Å². The molecule has 0 aliphatic rings. The Hall–Kier alpha value is -0.830. The predicted octanol–water partition coefficient (Wildman–Crippen LogP) is 2.87. The molecule has 0 radical (unpaired) electrons. The molecule has 0 bridgehead atoms. The summed E-state index contributed by atoms with van der Waals surface area (Å²) in [7, 11) is -3.17. The number of hydrogen-bond acceptors (Lipinski definition) is 3. The van der Waals surface area contributed by atoms with Gasteiger partial charge in [0, 0.05) is 19.3 Å². The monoisotopic (exact) mass is 453 g/mol. The molecule has 1 aromatic carbocycles. The second-order valence-electron chi connectivity index (χ2n) is 5.35. The van der Waals surface area contributed by atoms with Crippen LogP contribution in [-0.2, 0) is 16.4 Å². The first-order valence-corrected chi connectivity index (χ1v) is 9.59. The van der Waals surface area contributed by atoms with Crippen LogP contribution in [0.1, 0.15) is 37.8 Å². The molecule has 0 amide bonds. The van der Waals surface area contributed by atoms with E-state index in [2.05, 4.69) is 22.5 Å². The molecule has 1 aromatic rings. The molecular formula is C16H28IN3O2S. The third-order valence-corrected chi connectivity index (χ3v) is 4.48. The Kier molecular flexibility index (Phi) is 10.5. The minimum absolute atomic E-state index is 0. The maximum Gasteiger partial charge on any atom is 0.191 e. The zero-order valence-corrected chi connectivity index (χ0v) is 17.5. The maximum absolute atomic E-state index is 11.6. The lowest BCUT2D eigenvalue weighted by atomic mass is 10.1. The quantitative estimate of drug-likeness (QED) is 0.288. The van der Waals surface area contributed by atoms with Gasteiger partial charge < -0.3 is 10.6 Å². The third-order valence-electron chi connectivity index (χ3n) is 3.23. The SMILES string of the molecule is CCCCNC(=NCc1ccc(S(C)(=O)=O)c(C)c1)NCC.I. The number of guanidine groups is 1. The van der Waals surface area contributed by atoms with E-state index < -0.39 is 9.84 Å². The number of rotatable bonds is 7. The first-order chi connectivity index (χ1) is 10.4. The van der Waals surface area contributed by atoms with Crippen LogP contribution in [0.25, 0.3) is 0 Å². The number of unbranched alkanes of at least 4 members (excludes halogenated alkanes) is 1. The molecule has 0 saturated heterocycles. The van der Waals surface area contributed by atoms with Gasteiger partial charge in [-0.15, -0.1) is 24.0 Å². The van der Waals surface area contributed by atoms with E-state index in [-0.39, 0.29) is 24.0 Å². The normalized spacial score (nSPS) is 11.7. The second kappa shape index (κ2) is 10.9. The van der Waals surface area contributed by atoms with Crippen molar-refractivity contribution in [2.24, 2.45) is 4.99 Å². The zero-order chi connectivity index (χ0) is 16.6. The first-order valence-electron chi connectivity index (χ1n) is 7.70. The van der Waals surface area contributed by atoms with Crippen molar-refractivity contribution in [2.45, 2.75) is 45.1 Å².